The van der Waals surface area contributed by atoms with Crippen LogP contribution in [0, 0.1) is 0 Å². The molecule has 0 radical (unpaired) electrons. The standard InChI is InChI=1S/C36H41N3O5S2/c1-5-44-34-19-13-12-18-32(34)39(46(42,43)31-22-20-30(45-4)21-23-31)26-35(40)38(25-29-16-10-7-11-17-29)33(36(41)37-27(2)3)24-28-14-8-6-9-15-28/h6-23,27,33H,5,24-26H2,1-4H3,(H,37,41)/t33-/m0/s1. The summed E-state index contributed by atoms with van der Waals surface area (Å²) in [6, 6.07) is 31.1. The Labute approximate surface area is 276 Å². The highest BCUT2D eigenvalue weighted by molar-refractivity contribution is 7.98. The predicted octanol–water partition coefficient (Wildman–Crippen LogP) is 6.17. The number of amides is 2. The van der Waals surface area contributed by atoms with E-state index in [0.29, 0.717) is 12.4 Å². The number of benzene rings is 4. The molecule has 0 bridgehead atoms. The number of nitrogens with one attached hydrogen (secondary N) is 1. The fraction of sp³-hybridized carbons (Fsp3) is 0.278. The number of carbonyl (C=O) groups is 2. The molecular formula is C36H41N3O5S2. The van der Waals surface area contributed by atoms with Crippen LogP contribution in [0.5, 0.6) is 5.75 Å². The maximum Gasteiger partial charge on any atom is 0.264 e. The zero-order valence-electron chi connectivity index (χ0n) is 26.6. The van der Waals surface area contributed by atoms with Gasteiger partial charge in [-0.3, -0.25) is 13.9 Å². The van der Waals surface area contributed by atoms with Crippen molar-refractivity contribution in [3.63, 3.8) is 0 Å². The summed E-state index contributed by atoms with van der Waals surface area (Å²) in [6.45, 7) is 5.39. The van der Waals surface area contributed by atoms with Crippen molar-refractivity contribution < 1.29 is 22.7 Å². The van der Waals surface area contributed by atoms with Crippen molar-refractivity contribution >= 4 is 39.3 Å². The Kier molecular flexibility index (Phi) is 12.3. The molecule has 1 atom stereocenters. The van der Waals surface area contributed by atoms with E-state index in [1.165, 1.54) is 28.8 Å². The molecule has 4 rings (SSSR count). The minimum absolute atomic E-state index is 0.0393. The molecule has 0 saturated heterocycles. The number of carbonyl (C=O) groups excluding carboxylic acids is 2. The fourth-order valence-electron chi connectivity index (χ4n) is 5.04. The normalized spacial score (nSPS) is 11.9. The maximum absolute atomic E-state index is 14.6. The molecule has 10 heteroatoms. The van der Waals surface area contributed by atoms with Gasteiger partial charge in [-0.05, 0) is 74.6 Å². The Balaban J connectivity index is 1.83. The number of para-hydroxylation sites is 2. The molecule has 0 saturated carbocycles. The van der Waals surface area contributed by atoms with Gasteiger partial charge >= 0.3 is 0 Å². The van der Waals surface area contributed by atoms with Gasteiger partial charge < -0.3 is 15.0 Å². The number of anilines is 1. The van der Waals surface area contributed by atoms with Gasteiger partial charge in [0, 0.05) is 23.9 Å². The number of thioether (sulfide) groups is 1. The second kappa shape index (κ2) is 16.3. The summed E-state index contributed by atoms with van der Waals surface area (Å²) in [5.74, 6) is -0.519. The third kappa shape index (κ3) is 8.92. The highest BCUT2D eigenvalue weighted by Crippen LogP contribution is 2.33. The van der Waals surface area contributed by atoms with Crippen molar-refractivity contribution in [1.29, 1.82) is 0 Å². The first-order chi connectivity index (χ1) is 22.1. The number of hydrogen-bond donors (Lipinski definition) is 1. The van der Waals surface area contributed by atoms with Crippen LogP contribution in [0.1, 0.15) is 31.9 Å². The van der Waals surface area contributed by atoms with E-state index in [-0.39, 0.29) is 35.5 Å². The van der Waals surface area contributed by atoms with Crippen molar-refractivity contribution in [3.05, 3.63) is 120 Å². The molecule has 4 aromatic carbocycles. The summed E-state index contributed by atoms with van der Waals surface area (Å²) in [7, 11) is -4.25. The molecule has 4 aromatic rings. The van der Waals surface area contributed by atoms with Gasteiger partial charge in [0.2, 0.25) is 11.8 Å². The summed E-state index contributed by atoms with van der Waals surface area (Å²) >= 11 is 1.50. The van der Waals surface area contributed by atoms with Gasteiger partial charge in [0.05, 0.1) is 17.2 Å². The molecule has 2 amide bonds. The lowest BCUT2D eigenvalue weighted by Crippen LogP contribution is -2.54. The van der Waals surface area contributed by atoms with Crippen molar-refractivity contribution in [3.8, 4) is 5.75 Å². The highest BCUT2D eigenvalue weighted by atomic mass is 32.2. The van der Waals surface area contributed by atoms with E-state index in [4.69, 9.17) is 4.74 Å². The smallest absolute Gasteiger partial charge is 0.264 e. The van der Waals surface area contributed by atoms with E-state index in [1.807, 2.05) is 87.7 Å². The van der Waals surface area contributed by atoms with Crippen LogP contribution in [0.4, 0.5) is 5.69 Å². The van der Waals surface area contributed by atoms with E-state index < -0.39 is 28.5 Å². The lowest BCUT2D eigenvalue weighted by Gasteiger charge is -2.34. The molecule has 0 aliphatic rings. The first kappa shape index (κ1) is 34.6. The summed E-state index contributed by atoms with van der Waals surface area (Å²) in [5.41, 5.74) is 1.91. The largest absolute Gasteiger partial charge is 0.492 e. The number of rotatable bonds is 15. The van der Waals surface area contributed by atoms with Crippen molar-refractivity contribution in [2.45, 2.75) is 55.6 Å². The van der Waals surface area contributed by atoms with Gasteiger partial charge in [-0.2, -0.15) is 0 Å². The molecule has 242 valence electrons. The van der Waals surface area contributed by atoms with Crippen LogP contribution in [-0.4, -0.2) is 56.6 Å². The van der Waals surface area contributed by atoms with Crippen molar-refractivity contribution in [2.75, 3.05) is 23.7 Å². The Morgan fingerprint density at radius 3 is 2.00 bits per heavy atom. The van der Waals surface area contributed by atoms with Gasteiger partial charge in [0.25, 0.3) is 10.0 Å². The fourth-order valence-corrected chi connectivity index (χ4v) is 6.88. The van der Waals surface area contributed by atoms with Crippen LogP contribution in [0.2, 0.25) is 0 Å². The van der Waals surface area contributed by atoms with Gasteiger partial charge in [-0.25, -0.2) is 8.42 Å². The quantitative estimate of drug-likeness (QED) is 0.154. The minimum atomic E-state index is -4.25. The lowest BCUT2D eigenvalue weighted by atomic mass is 10.0. The van der Waals surface area contributed by atoms with E-state index in [2.05, 4.69) is 5.32 Å². The average molecular weight is 660 g/mol. The maximum atomic E-state index is 14.6. The van der Waals surface area contributed by atoms with Crippen LogP contribution in [0.3, 0.4) is 0 Å². The molecule has 0 aromatic heterocycles. The van der Waals surface area contributed by atoms with Crippen molar-refractivity contribution in [1.82, 2.24) is 10.2 Å². The van der Waals surface area contributed by atoms with Crippen LogP contribution >= 0.6 is 11.8 Å². The zero-order valence-corrected chi connectivity index (χ0v) is 28.3. The lowest BCUT2D eigenvalue weighted by molar-refractivity contribution is -0.140. The van der Waals surface area contributed by atoms with Gasteiger partial charge in [0.15, 0.2) is 0 Å². The molecule has 0 aliphatic carbocycles. The van der Waals surface area contributed by atoms with Crippen LogP contribution < -0.4 is 14.4 Å². The Hall–Kier alpha value is -4.28. The third-order valence-electron chi connectivity index (χ3n) is 7.26. The summed E-state index contributed by atoms with van der Waals surface area (Å²) in [6.07, 6.45) is 2.16. The zero-order chi connectivity index (χ0) is 33.1. The van der Waals surface area contributed by atoms with Crippen LogP contribution in [0.15, 0.2) is 119 Å². The van der Waals surface area contributed by atoms with E-state index >= 15 is 0 Å². The molecule has 0 aliphatic heterocycles. The Morgan fingerprint density at radius 1 is 0.826 bits per heavy atom. The second-order valence-corrected chi connectivity index (χ2v) is 13.7. The molecule has 0 spiro atoms. The minimum Gasteiger partial charge on any atom is -0.492 e. The van der Waals surface area contributed by atoms with Gasteiger partial charge in [-0.1, -0.05) is 72.8 Å². The molecular weight excluding hydrogens is 619 g/mol. The van der Waals surface area contributed by atoms with Gasteiger partial charge in [-0.15, -0.1) is 11.8 Å². The molecule has 46 heavy (non-hydrogen) atoms. The molecule has 0 fully saturated rings. The summed E-state index contributed by atoms with van der Waals surface area (Å²) < 4.78 is 35.6. The summed E-state index contributed by atoms with van der Waals surface area (Å²) in [4.78, 5) is 30.8. The molecule has 1 N–H and O–H groups in total. The van der Waals surface area contributed by atoms with Crippen LogP contribution in [0.25, 0.3) is 0 Å². The number of sulfonamides is 1. The first-order valence-electron chi connectivity index (χ1n) is 15.2. The second-order valence-electron chi connectivity index (χ2n) is 11.0. The van der Waals surface area contributed by atoms with E-state index in [0.717, 1.165) is 20.3 Å². The SMILES string of the molecule is CCOc1ccccc1N(CC(=O)N(Cc1ccccc1)[C@@H](Cc1ccccc1)C(=O)NC(C)C)S(=O)(=O)c1ccc(SC)cc1. The van der Waals surface area contributed by atoms with Crippen LogP contribution in [-0.2, 0) is 32.6 Å². The molecule has 8 nitrogen and oxygen atoms in total. The first-order valence-corrected chi connectivity index (χ1v) is 17.9. The molecule has 0 unspecified atom stereocenters. The monoisotopic (exact) mass is 659 g/mol. The van der Waals surface area contributed by atoms with E-state index in [1.54, 1.807) is 36.4 Å². The highest BCUT2D eigenvalue weighted by Gasteiger charge is 2.35. The summed E-state index contributed by atoms with van der Waals surface area (Å²) in [5, 5.41) is 2.98. The Bertz CT molecular complexity index is 1680. The van der Waals surface area contributed by atoms with Crippen molar-refractivity contribution in [2.24, 2.45) is 0 Å². The Morgan fingerprint density at radius 2 is 1.41 bits per heavy atom. The van der Waals surface area contributed by atoms with E-state index in [9.17, 15) is 18.0 Å². The number of nitrogens with zero attached hydrogens (tertiary/aromatic N) is 2. The third-order valence-corrected chi connectivity index (χ3v) is 9.78. The topological polar surface area (TPSA) is 96.0 Å². The predicted molar refractivity (Wildman–Crippen MR) is 185 cm³/mol. The molecule has 0 heterocycles. The van der Waals surface area contributed by atoms with Gasteiger partial charge in [0.1, 0.15) is 18.3 Å². The number of hydrogen-bond acceptors (Lipinski definition) is 6. The number of ether oxygens (including phenoxy) is 1. The average Bonchev–Trinajstić information content (AvgIpc) is 3.06.